The lowest BCUT2D eigenvalue weighted by Crippen LogP contribution is -2.13. The molecule has 1 aromatic heterocycles. The summed E-state index contributed by atoms with van der Waals surface area (Å²) in [6.07, 6.45) is 0. The van der Waals surface area contributed by atoms with Crippen molar-refractivity contribution < 1.29 is 4.79 Å². The number of halogens is 3. The van der Waals surface area contributed by atoms with Crippen LogP contribution < -0.4 is 5.32 Å². The highest BCUT2D eigenvalue weighted by Gasteiger charge is 2.21. The molecule has 3 aromatic rings. The summed E-state index contributed by atoms with van der Waals surface area (Å²) in [6, 6.07) is 14.8. The van der Waals surface area contributed by atoms with Gasteiger partial charge in [0, 0.05) is 0 Å². The van der Waals surface area contributed by atoms with E-state index in [-0.39, 0.29) is 16.1 Å². The maximum Gasteiger partial charge on any atom is 0.260 e. The van der Waals surface area contributed by atoms with Crippen molar-refractivity contribution >= 4 is 46.4 Å². The molecule has 1 N–H and O–H groups in total. The van der Waals surface area contributed by atoms with E-state index in [0.29, 0.717) is 28.5 Å². The molecule has 0 aliphatic carbocycles. The topological polar surface area (TPSA) is 46.9 Å². The van der Waals surface area contributed by atoms with Crippen molar-refractivity contribution in [3.63, 3.8) is 0 Å². The summed E-state index contributed by atoms with van der Waals surface area (Å²) in [5.41, 5.74) is 2.31. The molecule has 7 heteroatoms. The molecular formula is C18H14Cl3N3O. The highest BCUT2D eigenvalue weighted by molar-refractivity contribution is 6.44. The van der Waals surface area contributed by atoms with Gasteiger partial charge in [0.1, 0.15) is 5.15 Å². The van der Waals surface area contributed by atoms with Gasteiger partial charge in [0.05, 0.1) is 33.5 Å². The van der Waals surface area contributed by atoms with Gasteiger partial charge in [0.2, 0.25) is 0 Å². The number of carbonyl (C=O) groups is 1. The maximum absolute atomic E-state index is 12.6. The van der Waals surface area contributed by atoms with E-state index < -0.39 is 0 Å². The van der Waals surface area contributed by atoms with Crippen molar-refractivity contribution in [1.82, 2.24) is 9.78 Å². The molecule has 1 amide bonds. The van der Waals surface area contributed by atoms with Crippen molar-refractivity contribution in [2.45, 2.75) is 13.5 Å². The van der Waals surface area contributed by atoms with Crippen LogP contribution in [0.15, 0.2) is 48.5 Å². The maximum atomic E-state index is 12.6. The molecule has 0 bridgehead atoms. The zero-order chi connectivity index (χ0) is 18.0. The van der Waals surface area contributed by atoms with E-state index in [9.17, 15) is 4.79 Å². The Hall–Kier alpha value is -2.01. The number of hydrogen-bond acceptors (Lipinski definition) is 2. The van der Waals surface area contributed by atoms with Crippen molar-refractivity contribution in [3.05, 3.63) is 80.6 Å². The summed E-state index contributed by atoms with van der Waals surface area (Å²) in [7, 11) is 0. The number of benzene rings is 2. The summed E-state index contributed by atoms with van der Waals surface area (Å²) in [5.74, 6) is -0.383. The Morgan fingerprint density at radius 1 is 1.08 bits per heavy atom. The molecule has 0 saturated carbocycles. The molecule has 0 unspecified atom stereocenters. The number of carbonyl (C=O) groups excluding carboxylic acids is 1. The lowest BCUT2D eigenvalue weighted by molar-refractivity contribution is 0.102. The first-order valence-electron chi connectivity index (χ1n) is 7.49. The Morgan fingerprint density at radius 3 is 2.52 bits per heavy atom. The van der Waals surface area contributed by atoms with Gasteiger partial charge >= 0.3 is 0 Å². The minimum atomic E-state index is -0.383. The van der Waals surface area contributed by atoms with Gasteiger partial charge in [-0.05, 0) is 24.6 Å². The molecular weight excluding hydrogens is 381 g/mol. The summed E-state index contributed by atoms with van der Waals surface area (Å²) < 4.78 is 1.60. The average Bonchev–Trinajstić information content (AvgIpc) is 2.86. The van der Waals surface area contributed by atoms with Crippen molar-refractivity contribution in [2.24, 2.45) is 0 Å². The second kappa shape index (κ2) is 7.48. The van der Waals surface area contributed by atoms with E-state index in [0.717, 1.165) is 5.56 Å². The Labute approximate surface area is 160 Å². The second-order valence-corrected chi connectivity index (χ2v) is 6.59. The first kappa shape index (κ1) is 17.8. The molecule has 0 radical (unpaired) electrons. The fraction of sp³-hybridized carbons (Fsp3) is 0.111. The van der Waals surface area contributed by atoms with Crippen LogP contribution in [0.25, 0.3) is 0 Å². The predicted octanol–water partition coefficient (Wildman–Crippen LogP) is 5.45. The number of nitrogens with zero attached hydrogens (tertiary/aromatic N) is 2. The first-order chi connectivity index (χ1) is 12.0. The predicted molar refractivity (Wildman–Crippen MR) is 102 cm³/mol. The number of hydrogen-bond donors (Lipinski definition) is 1. The fourth-order valence-electron chi connectivity index (χ4n) is 2.46. The van der Waals surface area contributed by atoms with Crippen molar-refractivity contribution in [3.8, 4) is 0 Å². The Bertz CT molecular complexity index is 923. The van der Waals surface area contributed by atoms with Crippen LogP contribution in [0, 0.1) is 6.92 Å². The van der Waals surface area contributed by atoms with Gasteiger partial charge in [0.25, 0.3) is 5.91 Å². The zero-order valence-electron chi connectivity index (χ0n) is 13.3. The van der Waals surface area contributed by atoms with Gasteiger partial charge in [-0.3, -0.25) is 4.79 Å². The smallest absolute Gasteiger partial charge is 0.260 e. The average molecular weight is 395 g/mol. The van der Waals surface area contributed by atoms with Crippen molar-refractivity contribution in [1.29, 1.82) is 0 Å². The van der Waals surface area contributed by atoms with Gasteiger partial charge < -0.3 is 5.32 Å². The van der Waals surface area contributed by atoms with Crippen LogP contribution >= 0.6 is 34.8 Å². The number of aryl methyl sites for hydroxylation is 1. The van der Waals surface area contributed by atoms with E-state index in [1.807, 2.05) is 30.3 Å². The molecule has 4 nitrogen and oxygen atoms in total. The van der Waals surface area contributed by atoms with Crippen LogP contribution in [0.2, 0.25) is 15.2 Å². The van der Waals surface area contributed by atoms with Crippen LogP contribution in [0.4, 0.5) is 5.69 Å². The largest absolute Gasteiger partial charge is 0.320 e. The summed E-state index contributed by atoms with van der Waals surface area (Å²) in [4.78, 5) is 12.6. The first-order valence-corrected chi connectivity index (χ1v) is 8.63. The van der Waals surface area contributed by atoms with Gasteiger partial charge in [-0.2, -0.15) is 5.10 Å². The van der Waals surface area contributed by atoms with Crippen LogP contribution in [0.3, 0.4) is 0 Å². The molecule has 2 aromatic carbocycles. The molecule has 1 heterocycles. The number of amides is 1. The Kier molecular flexibility index (Phi) is 5.33. The van der Waals surface area contributed by atoms with E-state index in [4.69, 9.17) is 34.8 Å². The van der Waals surface area contributed by atoms with Crippen LogP contribution in [-0.2, 0) is 6.54 Å². The molecule has 0 aliphatic rings. The van der Waals surface area contributed by atoms with Crippen LogP contribution in [-0.4, -0.2) is 15.7 Å². The number of anilines is 1. The second-order valence-electron chi connectivity index (χ2n) is 5.45. The SMILES string of the molecule is Cc1nn(Cc2ccccc2)c(Cl)c1C(=O)Nc1cccc(Cl)c1Cl. The standard InChI is InChI=1S/C18H14Cl3N3O/c1-11-15(18(25)22-14-9-5-8-13(19)16(14)20)17(21)24(23-11)10-12-6-3-2-4-7-12/h2-9H,10H2,1H3,(H,22,25). The molecule has 0 atom stereocenters. The molecule has 128 valence electrons. The third-order valence-corrected chi connectivity index (χ3v) is 4.87. The summed E-state index contributed by atoms with van der Waals surface area (Å²) in [6.45, 7) is 2.22. The summed E-state index contributed by atoms with van der Waals surface area (Å²) >= 11 is 18.5. The lowest BCUT2D eigenvalue weighted by atomic mass is 10.2. The molecule has 0 spiro atoms. The Morgan fingerprint density at radius 2 is 1.80 bits per heavy atom. The van der Waals surface area contributed by atoms with Gasteiger partial charge in [0.15, 0.2) is 0 Å². The van der Waals surface area contributed by atoms with Crippen LogP contribution in [0.5, 0.6) is 0 Å². The normalized spacial score (nSPS) is 10.7. The van der Waals surface area contributed by atoms with Crippen molar-refractivity contribution in [2.75, 3.05) is 5.32 Å². The van der Waals surface area contributed by atoms with Gasteiger partial charge in [-0.1, -0.05) is 71.2 Å². The van der Waals surface area contributed by atoms with Gasteiger partial charge in [-0.25, -0.2) is 4.68 Å². The Balaban J connectivity index is 1.87. The third kappa shape index (κ3) is 3.82. The highest BCUT2D eigenvalue weighted by atomic mass is 35.5. The van der Waals surface area contributed by atoms with E-state index >= 15 is 0 Å². The number of aromatic nitrogens is 2. The van der Waals surface area contributed by atoms with E-state index in [1.165, 1.54) is 0 Å². The lowest BCUT2D eigenvalue weighted by Gasteiger charge is -2.08. The zero-order valence-corrected chi connectivity index (χ0v) is 15.5. The minimum absolute atomic E-state index is 0.275. The highest BCUT2D eigenvalue weighted by Crippen LogP contribution is 2.30. The molecule has 0 aliphatic heterocycles. The van der Waals surface area contributed by atoms with E-state index in [1.54, 1.807) is 29.8 Å². The third-order valence-electron chi connectivity index (χ3n) is 3.67. The minimum Gasteiger partial charge on any atom is -0.320 e. The molecule has 3 rings (SSSR count). The molecule has 0 saturated heterocycles. The quantitative estimate of drug-likeness (QED) is 0.639. The summed E-state index contributed by atoms with van der Waals surface area (Å²) in [5, 5.41) is 8.02. The van der Waals surface area contributed by atoms with Crippen LogP contribution in [0.1, 0.15) is 21.6 Å². The van der Waals surface area contributed by atoms with E-state index in [2.05, 4.69) is 10.4 Å². The number of nitrogens with one attached hydrogen (secondary N) is 1. The number of rotatable bonds is 4. The van der Waals surface area contributed by atoms with Gasteiger partial charge in [-0.15, -0.1) is 0 Å². The molecule has 25 heavy (non-hydrogen) atoms. The molecule has 0 fully saturated rings. The fourth-order valence-corrected chi connectivity index (χ4v) is 3.13. The monoisotopic (exact) mass is 393 g/mol.